The third kappa shape index (κ3) is 2.27. The van der Waals surface area contributed by atoms with Gasteiger partial charge in [-0.3, -0.25) is 0 Å². The zero-order valence-corrected chi connectivity index (χ0v) is 11.9. The van der Waals surface area contributed by atoms with Crippen LogP contribution in [0.5, 0.6) is 0 Å². The summed E-state index contributed by atoms with van der Waals surface area (Å²) < 4.78 is 6.08. The van der Waals surface area contributed by atoms with Crippen molar-refractivity contribution in [3.8, 4) is 11.3 Å². The van der Waals surface area contributed by atoms with Crippen molar-refractivity contribution in [1.82, 2.24) is 0 Å². The van der Waals surface area contributed by atoms with Gasteiger partial charge in [0.1, 0.15) is 11.3 Å². The van der Waals surface area contributed by atoms with Gasteiger partial charge >= 0.3 is 0 Å². The van der Waals surface area contributed by atoms with Gasteiger partial charge in [-0.25, -0.2) is 0 Å². The second-order valence-electron chi connectivity index (χ2n) is 5.31. The minimum atomic E-state index is 0.832. The quantitative estimate of drug-likeness (QED) is 0.572. The Labute approximate surface area is 119 Å². The summed E-state index contributed by atoms with van der Waals surface area (Å²) in [6.07, 6.45) is 2.75. The lowest BCUT2D eigenvalue weighted by molar-refractivity contribution is 0.627. The van der Waals surface area contributed by atoms with Gasteiger partial charge in [0, 0.05) is 10.9 Å². The van der Waals surface area contributed by atoms with E-state index < -0.39 is 0 Å². The zero-order chi connectivity index (χ0) is 14.1. The molecule has 3 rings (SSSR count). The molecule has 0 bridgehead atoms. The van der Waals surface area contributed by atoms with Gasteiger partial charge in [-0.05, 0) is 43.5 Å². The lowest BCUT2D eigenvalue weighted by atomic mass is 10.0. The van der Waals surface area contributed by atoms with Crippen molar-refractivity contribution < 1.29 is 4.42 Å². The van der Waals surface area contributed by atoms with Gasteiger partial charge in [0.15, 0.2) is 0 Å². The minimum absolute atomic E-state index is 0.832. The molecule has 1 heteroatoms. The van der Waals surface area contributed by atoms with E-state index in [2.05, 4.69) is 62.9 Å². The normalized spacial score (nSPS) is 10.9. The molecule has 1 aromatic heterocycles. The van der Waals surface area contributed by atoms with Crippen molar-refractivity contribution >= 4 is 11.0 Å². The van der Waals surface area contributed by atoms with Crippen LogP contribution in [0.15, 0.2) is 59.5 Å². The summed E-state index contributed by atoms with van der Waals surface area (Å²) >= 11 is 0. The fourth-order valence-corrected chi connectivity index (χ4v) is 2.56. The third-order valence-electron chi connectivity index (χ3n) is 3.54. The summed E-state index contributed by atoms with van der Waals surface area (Å²) in [6, 6.07) is 14.9. The Kier molecular flexibility index (Phi) is 3.19. The molecule has 0 radical (unpaired) electrons. The lowest BCUT2D eigenvalue weighted by Crippen LogP contribution is -1.83. The van der Waals surface area contributed by atoms with E-state index in [0.717, 1.165) is 28.7 Å². The van der Waals surface area contributed by atoms with Gasteiger partial charge in [-0.2, -0.15) is 0 Å². The molecule has 100 valence electrons. The SMILES string of the molecule is C=CCc1cc(C)cc2cc(-c3ccc(C)cc3)oc12. The molecule has 20 heavy (non-hydrogen) atoms. The first kappa shape index (κ1) is 12.7. The van der Waals surface area contributed by atoms with Gasteiger partial charge in [0.05, 0.1) is 0 Å². The van der Waals surface area contributed by atoms with Crippen molar-refractivity contribution in [2.45, 2.75) is 20.3 Å². The molecule has 0 aliphatic rings. The van der Waals surface area contributed by atoms with Crippen LogP contribution < -0.4 is 0 Å². The molecule has 0 atom stereocenters. The first-order valence-electron chi connectivity index (χ1n) is 6.88. The maximum absolute atomic E-state index is 6.08. The van der Waals surface area contributed by atoms with Crippen LogP contribution in [0.25, 0.3) is 22.3 Å². The molecule has 0 aliphatic carbocycles. The maximum atomic E-state index is 6.08. The van der Waals surface area contributed by atoms with E-state index in [1.54, 1.807) is 0 Å². The van der Waals surface area contributed by atoms with Crippen molar-refractivity contribution in [3.05, 3.63) is 71.8 Å². The largest absolute Gasteiger partial charge is 0.456 e. The Balaban J connectivity index is 2.16. The predicted octanol–water partition coefficient (Wildman–Crippen LogP) is 5.45. The van der Waals surface area contributed by atoms with Crippen LogP contribution in [-0.4, -0.2) is 0 Å². The number of benzene rings is 2. The van der Waals surface area contributed by atoms with E-state index in [1.165, 1.54) is 16.7 Å². The van der Waals surface area contributed by atoms with Gasteiger partial charge in [-0.15, -0.1) is 6.58 Å². The fourth-order valence-electron chi connectivity index (χ4n) is 2.56. The molecular weight excluding hydrogens is 244 g/mol. The van der Waals surface area contributed by atoms with E-state index in [1.807, 2.05) is 6.08 Å². The van der Waals surface area contributed by atoms with Crippen LogP contribution in [0.3, 0.4) is 0 Å². The molecule has 1 nitrogen and oxygen atoms in total. The standard InChI is InChI=1S/C19H18O/c1-4-5-16-10-14(3)11-17-12-18(20-19(16)17)15-8-6-13(2)7-9-15/h4,6-12H,1,5H2,2-3H3. The fraction of sp³-hybridized carbons (Fsp3) is 0.158. The molecule has 0 aliphatic heterocycles. The first-order chi connectivity index (χ1) is 9.67. The average Bonchev–Trinajstić information content (AvgIpc) is 2.83. The summed E-state index contributed by atoms with van der Waals surface area (Å²) in [6.45, 7) is 8.03. The number of rotatable bonds is 3. The van der Waals surface area contributed by atoms with Crippen molar-refractivity contribution in [2.75, 3.05) is 0 Å². The van der Waals surface area contributed by atoms with E-state index in [-0.39, 0.29) is 0 Å². The van der Waals surface area contributed by atoms with Gasteiger partial charge in [-0.1, -0.05) is 42.0 Å². The molecule has 0 N–H and O–H groups in total. The van der Waals surface area contributed by atoms with Crippen LogP contribution >= 0.6 is 0 Å². The van der Waals surface area contributed by atoms with Gasteiger partial charge in [0.25, 0.3) is 0 Å². The van der Waals surface area contributed by atoms with Crippen molar-refractivity contribution in [3.63, 3.8) is 0 Å². The first-order valence-corrected chi connectivity index (χ1v) is 6.88. The van der Waals surface area contributed by atoms with E-state index in [4.69, 9.17) is 4.42 Å². The number of hydrogen-bond donors (Lipinski definition) is 0. The number of hydrogen-bond acceptors (Lipinski definition) is 1. The Hall–Kier alpha value is -2.28. The van der Waals surface area contributed by atoms with Crippen molar-refractivity contribution in [1.29, 1.82) is 0 Å². The van der Waals surface area contributed by atoms with E-state index in [0.29, 0.717) is 0 Å². The number of fused-ring (bicyclic) bond motifs is 1. The molecule has 0 spiro atoms. The Bertz CT molecular complexity index is 760. The van der Waals surface area contributed by atoms with Gasteiger partial charge < -0.3 is 4.42 Å². The third-order valence-corrected chi connectivity index (χ3v) is 3.54. The molecule has 0 saturated heterocycles. The summed E-state index contributed by atoms with van der Waals surface area (Å²) in [7, 11) is 0. The molecule has 1 heterocycles. The molecule has 0 amide bonds. The number of allylic oxidation sites excluding steroid dienone is 1. The van der Waals surface area contributed by atoms with Crippen LogP contribution in [0.4, 0.5) is 0 Å². The van der Waals surface area contributed by atoms with Crippen molar-refractivity contribution in [2.24, 2.45) is 0 Å². The summed E-state index contributed by atoms with van der Waals surface area (Å²) in [5.74, 6) is 0.927. The minimum Gasteiger partial charge on any atom is -0.456 e. The molecule has 0 unspecified atom stereocenters. The summed E-state index contributed by atoms with van der Waals surface area (Å²) in [5.41, 5.74) is 5.81. The Morgan fingerprint density at radius 2 is 1.75 bits per heavy atom. The smallest absolute Gasteiger partial charge is 0.138 e. The molecular formula is C19H18O. The second-order valence-corrected chi connectivity index (χ2v) is 5.31. The maximum Gasteiger partial charge on any atom is 0.138 e. The molecule has 0 fully saturated rings. The monoisotopic (exact) mass is 262 g/mol. The highest BCUT2D eigenvalue weighted by atomic mass is 16.3. The summed E-state index contributed by atoms with van der Waals surface area (Å²) in [5, 5.41) is 1.16. The highest BCUT2D eigenvalue weighted by Crippen LogP contribution is 2.31. The number of furan rings is 1. The Morgan fingerprint density at radius 1 is 1.00 bits per heavy atom. The second kappa shape index (κ2) is 5.01. The van der Waals surface area contributed by atoms with Crippen LogP contribution in [0, 0.1) is 13.8 Å². The van der Waals surface area contributed by atoms with E-state index >= 15 is 0 Å². The van der Waals surface area contributed by atoms with Gasteiger partial charge in [0.2, 0.25) is 0 Å². The predicted molar refractivity (Wildman–Crippen MR) is 85.0 cm³/mol. The summed E-state index contributed by atoms with van der Waals surface area (Å²) in [4.78, 5) is 0. The number of aryl methyl sites for hydroxylation is 2. The molecule has 3 aromatic rings. The molecule has 0 saturated carbocycles. The highest BCUT2D eigenvalue weighted by Gasteiger charge is 2.10. The van der Waals surface area contributed by atoms with Crippen LogP contribution in [0.1, 0.15) is 16.7 Å². The average molecular weight is 262 g/mol. The zero-order valence-electron chi connectivity index (χ0n) is 11.9. The highest BCUT2D eigenvalue weighted by molar-refractivity contribution is 5.86. The topological polar surface area (TPSA) is 13.1 Å². The van der Waals surface area contributed by atoms with Crippen LogP contribution in [-0.2, 0) is 6.42 Å². The van der Waals surface area contributed by atoms with E-state index in [9.17, 15) is 0 Å². The molecule has 2 aromatic carbocycles. The Morgan fingerprint density at radius 3 is 2.45 bits per heavy atom. The lowest BCUT2D eigenvalue weighted by Gasteiger charge is -2.01. The van der Waals surface area contributed by atoms with Crippen LogP contribution in [0.2, 0.25) is 0 Å².